The summed E-state index contributed by atoms with van der Waals surface area (Å²) >= 11 is 0. The highest BCUT2D eigenvalue weighted by molar-refractivity contribution is 6.03. The van der Waals surface area contributed by atoms with Crippen LogP contribution >= 0.6 is 0 Å². The van der Waals surface area contributed by atoms with Crippen molar-refractivity contribution in [3.63, 3.8) is 0 Å². The molecule has 0 bridgehead atoms. The van der Waals surface area contributed by atoms with E-state index in [9.17, 15) is 9.59 Å². The van der Waals surface area contributed by atoms with Gasteiger partial charge in [0.05, 0.1) is 44.0 Å². The van der Waals surface area contributed by atoms with Crippen molar-refractivity contribution < 1.29 is 19.2 Å². The maximum atomic E-state index is 13.1. The average Bonchev–Trinajstić information content (AvgIpc) is 3.02. The Morgan fingerprint density at radius 3 is 2.50 bits per heavy atom. The number of rotatable bonds is 6. The van der Waals surface area contributed by atoms with Crippen LogP contribution in [0, 0.1) is 13.8 Å². The molecule has 28 heavy (non-hydrogen) atoms. The fourth-order valence-electron chi connectivity index (χ4n) is 3.79. The van der Waals surface area contributed by atoms with Crippen molar-refractivity contribution in [2.24, 2.45) is 0 Å². The molecule has 8 nitrogen and oxygen atoms in total. The standard InChI is InChI=1S/C20H27N5O3/c1-5-28-19(27)16-13(2)17(23-14(16)3)18(26)15(4)24-9-11-25(12-10-24)20-21-7-6-8-22-20/h6-8,15,23H,5,9-12H2,1-4H3/p+1/t15-/m1/s1. The molecule has 1 fully saturated rings. The van der Waals surface area contributed by atoms with Gasteiger partial charge in [-0.25, -0.2) is 14.8 Å². The van der Waals surface area contributed by atoms with Gasteiger partial charge in [-0.05, 0) is 39.3 Å². The Labute approximate surface area is 164 Å². The zero-order valence-corrected chi connectivity index (χ0v) is 16.9. The third-order valence-corrected chi connectivity index (χ3v) is 5.41. The van der Waals surface area contributed by atoms with Gasteiger partial charge in [0, 0.05) is 18.1 Å². The number of hydrogen-bond acceptors (Lipinski definition) is 6. The molecule has 1 aliphatic heterocycles. The highest BCUT2D eigenvalue weighted by atomic mass is 16.5. The Hall–Kier alpha value is -2.74. The van der Waals surface area contributed by atoms with E-state index in [1.807, 2.05) is 6.92 Å². The molecule has 0 saturated carbocycles. The summed E-state index contributed by atoms with van der Waals surface area (Å²) in [5.74, 6) is 0.371. The Kier molecular flexibility index (Phi) is 6.08. The number of nitrogens with one attached hydrogen (secondary N) is 2. The molecule has 0 aromatic carbocycles. The molecule has 1 atom stereocenters. The monoisotopic (exact) mass is 386 g/mol. The third kappa shape index (κ3) is 3.91. The summed E-state index contributed by atoms with van der Waals surface area (Å²) in [4.78, 5) is 40.4. The number of hydrogen-bond donors (Lipinski definition) is 2. The number of ketones is 1. The summed E-state index contributed by atoms with van der Waals surface area (Å²) in [5, 5.41) is 0. The third-order valence-electron chi connectivity index (χ3n) is 5.41. The van der Waals surface area contributed by atoms with Crippen LogP contribution in [-0.4, -0.2) is 65.5 Å². The summed E-state index contributed by atoms with van der Waals surface area (Å²) in [7, 11) is 0. The largest absolute Gasteiger partial charge is 0.462 e. The van der Waals surface area contributed by atoms with Gasteiger partial charge in [0.25, 0.3) is 0 Å². The number of nitrogens with zero attached hydrogens (tertiary/aromatic N) is 3. The quantitative estimate of drug-likeness (QED) is 0.557. The topological polar surface area (TPSA) is 92.6 Å². The van der Waals surface area contributed by atoms with Gasteiger partial charge in [-0.3, -0.25) is 4.79 Å². The molecule has 0 unspecified atom stereocenters. The van der Waals surface area contributed by atoms with Crippen molar-refractivity contribution in [1.82, 2.24) is 15.0 Å². The van der Waals surface area contributed by atoms with E-state index in [-0.39, 0.29) is 17.8 Å². The molecule has 3 heterocycles. The molecule has 2 aromatic heterocycles. The van der Waals surface area contributed by atoms with E-state index in [0.717, 1.165) is 32.1 Å². The van der Waals surface area contributed by atoms with E-state index in [0.29, 0.717) is 29.1 Å². The van der Waals surface area contributed by atoms with Crippen LogP contribution in [0.1, 0.15) is 46.0 Å². The highest BCUT2D eigenvalue weighted by Crippen LogP contribution is 2.20. The molecule has 2 aromatic rings. The molecule has 3 rings (SSSR count). The van der Waals surface area contributed by atoms with Crippen LogP contribution in [0.2, 0.25) is 0 Å². The van der Waals surface area contributed by atoms with Crippen LogP contribution in [0.5, 0.6) is 0 Å². The maximum Gasteiger partial charge on any atom is 0.340 e. The van der Waals surface area contributed by atoms with E-state index in [4.69, 9.17) is 4.74 Å². The number of quaternary nitrogens is 1. The second-order valence-corrected chi connectivity index (χ2v) is 7.13. The first kappa shape index (κ1) is 20.0. The SMILES string of the molecule is CCOC(=O)c1c(C)[nH]c(C(=O)[C@@H](C)[NH+]2CCN(c3ncccn3)CC2)c1C. The summed E-state index contributed by atoms with van der Waals surface area (Å²) in [6.45, 7) is 10.9. The van der Waals surface area contributed by atoms with Gasteiger partial charge in [0.15, 0.2) is 6.04 Å². The van der Waals surface area contributed by atoms with E-state index >= 15 is 0 Å². The molecule has 0 radical (unpaired) electrons. The van der Waals surface area contributed by atoms with Crippen LogP contribution in [0.4, 0.5) is 5.95 Å². The van der Waals surface area contributed by atoms with Gasteiger partial charge in [0.1, 0.15) is 0 Å². The maximum absolute atomic E-state index is 13.1. The lowest BCUT2D eigenvalue weighted by atomic mass is 10.0. The summed E-state index contributed by atoms with van der Waals surface area (Å²) < 4.78 is 5.12. The van der Waals surface area contributed by atoms with Crippen LogP contribution in [0.3, 0.4) is 0 Å². The van der Waals surface area contributed by atoms with Gasteiger partial charge in [-0.2, -0.15) is 0 Å². The Balaban J connectivity index is 1.69. The summed E-state index contributed by atoms with van der Waals surface area (Å²) in [6.07, 6.45) is 3.48. The predicted octanol–water partition coefficient (Wildman–Crippen LogP) is 0.575. The first-order chi connectivity index (χ1) is 13.4. The first-order valence-corrected chi connectivity index (χ1v) is 9.71. The van der Waals surface area contributed by atoms with Crippen molar-refractivity contribution in [3.05, 3.63) is 41.0 Å². The lowest BCUT2D eigenvalue weighted by Crippen LogP contribution is -3.18. The van der Waals surface area contributed by atoms with E-state index in [1.165, 1.54) is 4.90 Å². The van der Waals surface area contributed by atoms with Crippen molar-refractivity contribution in [2.45, 2.75) is 33.7 Å². The van der Waals surface area contributed by atoms with E-state index in [1.54, 1.807) is 39.2 Å². The second-order valence-electron chi connectivity index (χ2n) is 7.13. The van der Waals surface area contributed by atoms with Crippen LogP contribution in [-0.2, 0) is 4.74 Å². The normalized spacial score (nSPS) is 16.1. The van der Waals surface area contributed by atoms with Gasteiger partial charge in [-0.1, -0.05) is 0 Å². The van der Waals surface area contributed by atoms with Gasteiger partial charge < -0.3 is 19.5 Å². The number of aromatic nitrogens is 3. The summed E-state index contributed by atoms with van der Waals surface area (Å²) in [6, 6.07) is 1.60. The Morgan fingerprint density at radius 1 is 1.25 bits per heavy atom. The number of anilines is 1. The average molecular weight is 386 g/mol. The minimum Gasteiger partial charge on any atom is -0.462 e. The predicted molar refractivity (Wildman–Crippen MR) is 105 cm³/mol. The number of esters is 1. The molecular weight excluding hydrogens is 358 g/mol. The lowest BCUT2D eigenvalue weighted by Gasteiger charge is -2.34. The van der Waals surface area contributed by atoms with Crippen LogP contribution < -0.4 is 9.80 Å². The highest BCUT2D eigenvalue weighted by Gasteiger charge is 2.33. The molecular formula is C20H28N5O3+. The fraction of sp³-hybridized carbons (Fsp3) is 0.500. The summed E-state index contributed by atoms with van der Waals surface area (Å²) in [5.41, 5.74) is 2.32. The molecule has 1 saturated heterocycles. The number of carbonyl (C=O) groups excluding carboxylic acids is 2. The molecule has 150 valence electrons. The fourth-order valence-corrected chi connectivity index (χ4v) is 3.79. The molecule has 0 amide bonds. The van der Waals surface area contributed by atoms with Crippen molar-refractivity contribution in [1.29, 1.82) is 0 Å². The van der Waals surface area contributed by atoms with Crippen molar-refractivity contribution in [2.75, 3.05) is 37.7 Å². The van der Waals surface area contributed by atoms with Crippen molar-refractivity contribution >= 4 is 17.7 Å². The molecule has 0 spiro atoms. The molecule has 8 heteroatoms. The Morgan fingerprint density at radius 2 is 1.89 bits per heavy atom. The van der Waals surface area contributed by atoms with E-state index in [2.05, 4.69) is 19.9 Å². The lowest BCUT2D eigenvalue weighted by molar-refractivity contribution is -0.914. The molecule has 0 aliphatic carbocycles. The zero-order valence-electron chi connectivity index (χ0n) is 16.9. The Bertz CT molecular complexity index is 841. The van der Waals surface area contributed by atoms with Gasteiger partial charge >= 0.3 is 5.97 Å². The molecule has 1 aliphatic rings. The van der Waals surface area contributed by atoms with Crippen molar-refractivity contribution in [3.8, 4) is 0 Å². The minimum atomic E-state index is -0.385. The van der Waals surface area contributed by atoms with Crippen LogP contribution in [0.15, 0.2) is 18.5 Å². The first-order valence-electron chi connectivity index (χ1n) is 9.71. The number of carbonyl (C=O) groups is 2. The minimum absolute atomic E-state index is 0.0237. The number of piperazine rings is 1. The van der Waals surface area contributed by atoms with Crippen LogP contribution in [0.25, 0.3) is 0 Å². The van der Waals surface area contributed by atoms with E-state index < -0.39 is 0 Å². The second kappa shape index (κ2) is 8.52. The smallest absolute Gasteiger partial charge is 0.340 e. The number of ether oxygens (including phenoxy) is 1. The number of aromatic amines is 1. The number of H-pyrrole nitrogens is 1. The number of aryl methyl sites for hydroxylation is 1. The van der Waals surface area contributed by atoms with Gasteiger partial charge in [-0.15, -0.1) is 0 Å². The zero-order chi connectivity index (χ0) is 20.3. The van der Waals surface area contributed by atoms with Gasteiger partial charge in [0.2, 0.25) is 11.7 Å². The number of Topliss-reactive ketones (excluding diaryl/α,β-unsaturated/α-hetero) is 1. The molecule has 2 N–H and O–H groups in total.